The Morgan fingerprint density at radius 1 is 1.10 bits per heavy atom. The zero-order valence-corrected chi connectivity index (χ0v) is 17.8. The molecule has 0 fully saturated rings. The molecule has 2 rings (SSSR count). The summed E-state index contributed by atoms with van der Waals surface area (Å²) in [7, 11) is 3.27. The largest absolute Gasteiger partial charge is 0.462 e. The molecule has 1 N–H and O–H groups in total. The molecule has 0 spiro atoms. The van der Waals surface area contributed by atoms with Crippen molar-refractivity contribution in [2.45, 2.75) is 20.8 Å². The summed E-state index contributed by atoms with van der Waals surface area (Å²) >= 11 is 0. The molecule has 0 saturated heterocycles. The molecule has 0 unspecified atom stereocenters. The third kappa shape index (κ3) is 5.00. The minimum atomic E-state index is -0.883. The molecule has 11 heteroatoms. The molecule has 1 amide bonds. The van der Waals surface area contributed by atoms with Crippen LogP contribution in [-0.2, 0) is 9.47 Å². The van der Waals surface area contributed by atoms with Crippen molar-refractivity contribution in [1.29, 1.82) is 0 Å². The van der Waals surface area contributed by atoms with Crippen molar-refractivity contribution in [3.05, 3.63) is 50.8 Å². The smallest absolute Gasteiger partial charge is 0.344 e. The van der Waals surface area contributed by atoms with Crippen molar-refractivity contribution in [3.8, 4) is 0 Å². The van der Waals surface area contributed by atoms with E-state index in [-0.39, 0.29) is 47.2 Å². The summed E-state index contributed by atoms with van der Waals surface area (Å²) in [6.45, 7) is 4.70. The summed E-state index contributed by atoms with van der Waals surface area (Å²) in [6.07, 6.45) is 0. The van der Waals surface area contributed by atoms with Gasteiger partial charge in [0.1, 0.15) is 22.6 Å². The van der Waals surface area contributed by atoms with Gasteiger partial charge in [0.15, 0.2) is 0 Å². The predicted molar refractivity (Wildman–Crippen MR) is 111 cm³/mol. The predicted octanol–water partition coefficient (Wildman–Crippen LogP) is 3.17. The number of aryl methyl sites for hydroxylation is 1. The van der Waals surface area contributed by atoms with Crippen molar-refractivity contribution in [2.75, 3.05) is 37.5 Å². The van der Waals surface area contributed by atoms with Crippen molar-refractivity contribution < 1.29 is 33.2 Å². The van der Waals surface area contributed by atoms with Crippen LogP contribution in [0.4, 0.5) is 17.3 Å². The average molecular weight is 433 g/mol. The quantitative estimate of drug-likeness (QED) is 0.377. The number of nitro benzene ring substituents is 1. The molecule has 1 heterocycles. The van der Waals surface area contributed by atoms with Crippen molar-refractivity contribution in [2.24, 2.45) is 0 Å². The molecule has 0 aliphatic rings. The first kappa shape index (κ1) is 23.4. The molecule has 11 nitrogen and oxygen atoms in total. The van der Waals surface area contributed by atoms with E-state index in [2.05, 4.69) is 5.32 Å². The normalized spacial score (nSPS) is 10.4. The van der Waals surface area contributed by atoms with Crippen LogP contribution in [0.2, 0.25) is 0 Å². The molecule has 0 atom stereocenters. The first-order chi connectivity index (χ1) is 14.6. The number of ether oxygens (including phenoxy) is 2. The molecular formula is C20H23N3O8. The topological polar surface area (TPSA) is 141 Å². The number of amides is 1. The zero-order valence-electron chi connectivity index (χ0n) is 17.8. The van der Waals surface area contributed by atoms with E-state index in [4.69, 9.17) is 13.9 Å². The Labute approximate surface area is 178 Å². The van der Waals surface area contributed by atoms with Crippen LogP contribution in [0.1, 0.15) is 50.7 Å². The lowest BCUT2D eigenvalue weighted by Crippen LogP contribution is -2.18. The van der Waals surface area contributed by atoms with Crippen LogP contribution < -0.4 is 10.2 Å². The van der Waals surface area contributed by atoms with Gasteiger partial charge in [-0.1, -0.05) is 0 Å². The van der Waals surface area contributed by atoms with Crippen molar-refractivity contribution in [1.82, 2.24) is 0 Å². The maximum Gasteiger partial charge on any atom is 0.344 e. The lowest BCUT2D eigenvalue weighted by atomic mass is 10.1. The minimum absolute atomic E-state index is 0.0247. The molecule has 31 heavy (non-hydrogen) atoms. The van der Waals surface area contributed by atoms with Gasteiger partial charge in [-0.25, -0.2) is 9.59 Å². The number of nitrogens with one attached hydrogen (secondary N) is 1. The van der Waals surface area contributed by atoms with E-state index < -0.39 is 22.8 Å². The number of esters is 2. The standard InChI is InChI=1S/C20H23N3O8/c1-6-29-19(25)15-11(3)31-18(16(15)20(26)30-7-2)21-17(24)12-8-9-13(22(4)5)14(10-12)23(27)28/h8-10H,6-7H2,1-5H3,(H,21,24). The van der Waals surface area contributed by atoms with Gasteiger partial charge in [0, 0.05) is 25.7 Å². The summed E-state index contributed by atoms with van der Waals surface area (Å²) < 4.78 is 15.4. The monoisotopic (exact) mass is 433 g/mol. The van der Waals surface area contributed by atoms with Crippen LogP contribution in [0.3, 0.4) is 0 Å². The van der Waals surface area contributed by atoms with E-state index in [1.165, 1.54) is 19.1 Å². The second-order valence-electron chi connectivity index (χ2n) is 6.49. The fraction of sp³-hybridized carbons (Fsp3) is 0.350. The molecule has 0 bridgehead atoms. The number of nitro groups is 1. The third-order valence-corrected chi connectivity index (χ3v) is 4.19. The number of carbonyl (C=O) groups is 3. The van der Waals surface area contributed by atoms with Crippen LogP contribution in [0.15, 0.2) is 22.6 Å². The van der Waals surface area contributed by atoms with Gasteiger partial charge in [-0.3, -0.25) is 20.2 Å². The number of nitrogens with zero attached hydrogens (tertiary/aromatic N) is 2. The number of hydrogen-bond donors (Lipinski definition) is 1. The van der Waals surface area contributed by atoms with Crippen LogP contribution in [0.25, 0.3) is 0 Å². The number of anilines is 2. The Kier molecular flexibility index (Phi) is 7.35. The van der Waals surface area contributed by atoms with Gasteiger partial charge >= 0.3 is 11.9 Å². The van der Waals surface area contributed by atoms with Gasteiger partial charge in [0.25, 0.3) is 11.6 Å². The fourth-order valence-corrected chi connectivity index (χ4v) is 2.84. The first-order valence-corrected chi connectivity index (χ1v) is 9.37. The van der Waals surface area contributed by atoms with Crippen LogP contribution in [0, 0.1) is 17.0 Å². The van der Waals surface area contributed by atoms with E-state index in [0.717, 1.165) is 6.07 Å². The molecule has 1 aromatic carbocycles. The molecule has 0 saturated carbocycles. The Morgan fingerprint density at radius 3 is 2.19 bits per heavy atom. The summed E-state index contributed by atoms with van der Waals surface area (Å²) in [5.74, 6) is -2.73. The number of carbonyl (C=O) groups excluding carboxylic acids is 3. The maximum absolute atomic E-state index is 12.7. The summed E-state index contributed by atoms with van der Waals surface area (Å²) in [5.41, 5.74) is -0.452. The van der Waals surface area contributed by atoms with Gasteiger partial charge in [0.05, 0.1) is 18.1 Å². The summed E-state index contributed by atoms with van der Waals surface area (Å²) in [5, 5.41) is 13.8. The van der Waals surface area contributed by atoms with Gasteiger partial charge in [-0.15, -0.1) is 0 Å². The van der Waals surface area contributed by atoms with Gasteiger partial charge in [-0.2, -0.15) is 0 Å². The molecular weight excluding hydrogens is 410 g/mol. The van der Waals surface area contributed by atoms with Gasteiger partial charge < -0.3 is 18.8 Å². The lowest BCUT2D eigenvalue weighted by molar-refractivity contribution is -0.384. The lowest BCUT2D eigenvalue weighted by Gasteiger charge is -2.13. The minimum Gasteiger partial charge on any atom is -0.462 e. The molecule has 0 aliphatic carbocycles. The number of benzene rings is 1. The van der Waals surface area contributed by atoms with Crippen molar-refractivity contribution >= 4 is 35.1 Å². The maximum atomic E-state index is 12.7. The Bertz CT molecular complexity index is 1030. The van der Waals surface area contributed by atoms with Gasteiger partial charge in [0.2, 0.25) is 5.88 Å². The number of hydrogen-bond acceptors (Lipinski definition) is 9. The van der Waals surface area contributed by atoms with E-state index in [1.54, 1.807) is 32.8 Å². The van der Waals surface area contributed by atoms with E-state index in [9.17, 15) is 24.5 Å². The van der Waals surface area contributed by atoms with Crippen LogP contribution in [-0.4, -0.2) is 50.1 Å². The van der Waals surface area contributed by atoms with Crippen molar-refractivity contribution in [3.63, 3.8) is 0 Å². The first-order valence-electron chi connectivity index (χ1n) is 9.37. The highest BCUT2D eigenvalue weighted by molar-refractivity contribution is 6.12. The SMILES string of the molecule is CCOC(=O)c1c(C)oc(NC(=O)c2ccc(N(C)C)c([N+](=O)[O-])c2)c1C(=O)OCC. The zero-order chi connectivity index (χ0) is 23.3. The van der Waals surface area contributed by atoms with Gasteiger partial charge in [-0.05, 0) is 32.9 Å². The Hall–Kier alpha value is -3.89. The Balaban J connectivity index is 2.48. The van der Waals surface area contributed by atoms with E-state index in [0.29, 0.717) is 5.69 Å². The third-order valence-electron chi connectivity index (χ3n) is 4.19. The number of furan rings is 1. The summed E-state index contributed by atoms with van der Waals surface area (Å²) in [4.78, 5) is 49.8. The molecule has 0 radical (unpaired) electrons. The average Bonchev–Trinajstić information content (AvgIpc) is 3.03. The number of rotatable bonds is 8. The molecule has 2 aromatic rings. The Morgan fingerprint density at radius 2 is 1.68 bits per heavy atom. The molecule has 1 aromatic heterocycles. The molecule has 166 valence electrons. The van der Waals surface area contributed by atoms with Crippen LogP contribution >= 0.6 is 0 Å². The highest BCUT2D eigenvalue weighted by Crippen LogP contribution is 2.31. The van der Waals surface area contributed by atoms with E-state index >= 15 is 0 Å². The second kappa shape index (κ2) is 9.74. The summed E-state index contributed by atoms with van der Waals surface area (Å²) in [6, 6.07) is 3.93. The molecule has 0 aliphatic heterocycles. The van der Waals surface area contributed by atoms with Crippen LogP contribution in [0.5, 0.6) is 0 Å². The highest BCUT2D eigenvalue weighted by atomic mass is 16.6. The fourth-order valence-electron chi connectivity index (χ4n) is 2.84. The second-order valence-corrected chi connectivity index (χ2v) is 6.49. The van der Waals surface area contributed by atoms with E-state index in [1.807, 2.05) is 0 Å². The highest BCUT2D eigenvalue weighted by Gasteiger charge is 2.32.